The molecular formula is C13H14FIN2O3. The first-order chi connectivity index (χ1) is 9.38. The van der Waals surface area contributed by atoms with Gasteiger partial charge in [0.1, 0.15) is 5.82 Å². The highest BCUT2D eigenvalue weighted by Crippen LogP contribution is 2.25. The zero-order valence-corrected chi connectivity index (χ0v) is 12.9. The van der Waals surface area contributed by atoms with Crippen molar-refractivity contribution in [2.75, 3.05) is 18.4 Å². The van der Waals surface area contributed by atoms with Crippen LogP contribution in [0.2, 0.25) is 0 Å². The van der Waals surface area contributed by atoms with Crippen molar-refractivity contribution < 1.29 is 19.1 Å². The summed E-state index contributed by atoms with van der Waals surface area (Å²) < 4.78 is 13.6. The van der Waals surface area contributed by atoms with Gasteiger partial charge in [0, 0.05) is 16.7 Å². The fourth-order valence-corrected chi connectivity index (χ4v) is 2.85. The van der Waals surface area contributed by atoms with Crippen molar-refractivity contribution in [1.82, 2.24) is 4.90 Å². The molecule has 2 amide bonds. The van der Waals surface area contributed by atoms with Crippen LogP contribution in [0.5, 0.6) is 0 Å². The molecule has 2 N–H and O–H groups in total. The number of halogens is 2. The summed E-state index contributed by atoms with van der Waals surface area (Å²) >= 11 is 1.93. The number of carboxylic acid groups (broad SMARTS) is 1. The molecule has 7 heteroatoms. The summed E-state index contributed by atoms with van der Waals surface area (Å²) in [5, 5.41) is 11.7. The Hall–Kier alpha value is -1.38. The maximum Gasteiger partial charge on any atom is 0.321 e. The van der Waals surface area contributed by atoms with Gasteiger partial charge in [0.25, 0.3) is 0 Å². The lowest BCUT2D eigenvalue weighted by Crippen LogP contribution is -2.34. The second-order valence-electron chi connectivity index (χ2n) is 4.88. The minimum atomic E-state index is -0.885. The molecule has 1 aromatic carbocycles. The Balaban J connectivity index is 2.04. The molecule has 1 saturated heterocycles. The number of benzene rings is 1. The normalized spacial score (nSPS) is 21.9. The Kier molecular flexibility index (Phi) is 4.46. The molecule has 5 nitrogen and oxygen atoms in total. The molecule has 2 atom stereocenters. The van der Waals surface area contributed by atoms with Gasteiger partial charge in [-0.3, -0.25) is 4.79 Å². The van der Waals surface area contributed by atoms with Crippen LogP contribution in [0.1, 0.15) is 6.92 Å². The van der Waals surface area contributed by atoms with E-state index in [4.69, 9.17) is 5.11 Å². The molecule has 1 aliphatic rings. The number of hydrogen-bond donors (Lipinski definition) is 2. The summed E-state index contributed by atoms with van der Waals surface area (Å²) in [6.07, 6.45) is 0. The highest BCUT2D eigenvalue weighted by atomic mass is 127. The number of hydrogen-bond acceptors (Lipinski definition) is 2. The molecular weight excluding hydrogens is 378 g/mol. The highest BCUT2D eigenvalue weighted by molar-refractivity contribution is 14.1. The predicted molar refractivity (Wildman–Crippen MR) is 80.0 cm³/mol. The zero-order chi connectivity index (χ0) is 14.9. The van der Waals surface area contributed by atoms with E-state index in [1.807, 2.05) is 29.5 Å². The Bertz CT molecular complexity index is 552. The molecule has 2 unspecified atom stereocenters. The van der Waals surface area contributed by atoms with Crippen molar-refractivity contribution in [3.05, 3.63) is 27.6 Å². The van der Waals surface area contributed by atoms with Crippen molar-refractivity contribution in [2.45, 2.75) is 6.92 Å². The molecule has 20 heavy (non-hydrogen) atoms. The van der Waals surface area contributed by atoms with Crippen LogP contribution in [0.4, 0.5) is 14.9 Å². The van der Waals surface area contributed by atoms with E-state index in [1.165, 1.54) is 23.1 Å². The number of amides is 2. The van der Waals surface area contributed by atoms with Crippen LogP contribution in [0.3, 0.4) is 0 Å². The molecule has 0 aromatic heterocycles. The summed E-state index contributed by atoms with van der Waals surface area (Å²) in [6.45, 7) is 2.41. The van der Waals surface area contributed by atoms with Crippen LogP contribution < -0.4 is 5.32 Å². The van der Waals surface area contributed by atoms with Crippen molar-refractivity contribution >= 4 is 40.3 Å². The van der Waals surface area contributed by atoms with Gasteiger partial charge in [-0.2, -0.15) is 0 Å². The highest BCUT2D eigenvalue weighted by Gasteiger charge is 2.37. The average Bonchev–Trinajstić information content (AvgIpc) is 2.75. The molecule has 0 aliphatic carbocycles. The number of anilines is 1. The molecule has 0 bridgehead atoms. The van der Waals surface area contributed by atoms with Gasteiger partial charge in [0.2, 0.25) is 0 Å². The number of likely N-dealkylation sites (tertiary alicyclic amines) is 1. The van der Waals surface area contributed by atoms with E-state index in [1.54, 1.807) is 0 Å². The number of urea groups is 1. The fourth-order valence-electron chi connectivity index (χ4n) is 2.24. The number of aliphatic carboxylic acids is 1. The lowest BCUT2D eigenvalue weighted by Gasteiger charge is -2.17. The van der Waals surface area contributed by atoms with E-state index in [2.05, 4.69) is 5.32 Å². The molecule has 108 valence electrons. The number of nitrogens with one attached hydrogen (secondary N) is 1. The quantitative estimate of drug-likeness (QED) is 0.761. The third-order valence-corrected chi connectivity index (χ3v) is 4.28. The smallest absolute Gasteiger partial charge is 0.321 e. The first-order valence-electron chi connectivity index (χ1n) is 6.12. The molecule has 1 aliphatic heterocycles. The van der Waals surface area contributed by atoms with Crippen LogP contribution in [0.25, 0.3) is 0 Å². The maximum absolute atomic E-state index is 13.0. The van der Waals surface area contributed by atoms with Crippen molar-refractivity contribution in [3.8, 4) is 0 Å². The molecule has 1 aromatic rings. The Labute approximate surface area is 129 Å². The Morgan fingerprint density at radius 2 is 2.15 bits per heavy atom. The molecule has 0 saturated carbocycles. The van der Waals surface area contributed by atoms with E-state index in [9.17, 15) is 14.0 Å². The van der Waals surface area contributed by atoms with Gasteiger partial charge in [-0.15, -0.1) is 0 Å². The first kappa shape index (κ1) is 15.0. The van der Waals surface area contributed by atoms with Crippen molar-refractivity contribution in [3.63, 3.8) is 0 Å². The van der Waals surface area contributed by atoms with Crippen LogP contribution in [-0.2, 0) is 4.79 Å². The van der Waals surface area contributed by atoms with Crippen LogP contribution >= 0.6 is 22.6 Å². The first-order valence-corrected chi connectivity index (χ1v) is 7.20. The SMILES string of the molecule is CC1CN(C(=O)Nc2ccc(F)cc2I)CC1C(=O)O. The largest absolute Gasteiger partial charge is 0.481 e. The maximum atomic E-state index is 13.0. The summed E-state index contributed by atoms with van der Waals surface area (Å²) in [4.78, 5) is 24.6. The van der Waals surface area contributed by atoms with Gasteiger partial charge in [0.05, 0.1) is 11.6 Å². The molecule has 1 fully saturated rings. The van der Waals surface area contributed by atoms with E-state index in [0.717, 1.165) is 0 Å². The zero-order valence-electron chi connectivity index (χ0n) is 10.8. The Morgan fingerprint density at radius 1 is 1.45 bits per heavy atom. The minimum Gasteiger partial charge on any atom is -0.481 e. The van der Waals surface area contributed by atoms with Crippen LogP contribution in [-0.4, -0.2) is 35.1 Å². The lowest BCUT2D eigenvalue weighted by molar-refractivity contribution is -0.142. The van der Waals surface area contributed by atoms with Gasteiger partial charge in [-0.25, -0.2) is 9.18 Å². The van der Waals surface area contributed by atoms with Gasteiger partial charge < -0.3 is 15.3 Å². The third kappa shape index (κ3) is 3.20. The van der Waals surface area contributed by atoms with Crippen molar-refractivity contribution in [1.29, 1.82) is 0 Å². The van der Waals surface area contributed by atoms with Gasteiger partial charge in [0.15, 0.2) is 0 Å². The van der Waals surface area contributed by atoms with Crippen molar-refractivity contribution in [2.24, 2.45) is 11.8 Å². The standard InChI is InChI=1S/C13H14FIN2O3/c1-7-5-17(6-9(7)12(18)19)13(20)16-11-3-2-8(14)4-10(11)15/h2-4,7,9H,5-6H2,1H3,(H,16,20)(H,18,19). The molecule has 0 spiro atoms. The summed E-state index contributed by atoms with van der Waals surface area (Å²) in [5.41, 5.74) is 0.517. The summed E-state index contributed by atoms with van der Waals surface area (Å²) in [7, 11) is 0. The Morgan fingerprint density at radius 3 is 2.70 bits per heavy atom. The number of nitrogens with zero attached hydrogens (tertiary/aromatic N) is 1. The average molecular weight is 392 g/mol. The van der Waals surface area contributed by atoms with E-state index >= 15 is 0 Å². The van der Waals surface area contributed by atoms with E-state index in [0.29, 0.717) is 15.8 Å². The van der Waals surface area contributed by atoms with Crippen LogP contribution in [0, 0.1) is 21.2 Å². The fraction of sp³-hybridized carbons (Fsp3) is 0.385. The minimum absolute atomic E-state index is 0.0782. The molecule has 2 rings (SSSR count). The topological polar surface area (TPSA) is 69.6 Å². The van der Waals surface area contributed by atoms with E-state index < -0.39 is 11.9 Å². The number of carbonyl (C=O) groups excluding carboxylic acids is 1. The number of rotatable bonds is 2. The summed E-state index contributed by atoms with van der Waals surface area (Å²) in [6, 6.07) is 3.72. The monoisotopic (exact) mass is 392 g/mol. The lowest BCUT2D eigenvalue weighted by atomic mass is 9.99. The van der Waals surface area contributed by atoms with Gasteiger partial charge in [-0.05, 0) is 46.7 Å². The third-order valence-electron chi connectivity index (χ3n) is 3.39. The van der Waals surface area contributed by atoms with Crippen LogP contribution in [0.15, 0.2) is 18.2 Å². The molecule has 1 heterocycles. The van der Waals surface area contributed by atoms with Gasteiger partial charge >= 0.3 is 12.0 Å². The second-order valence-corrected chi connectivity index (χ2v) is 6.04. The van der Waals surface area contributed by atoms with E-state index in [-0.39, 0.29) is 24.3 Å². The predicted octanol–water partition coefficient (Wildman–Crippen LogP) is 2.61. The second kappa shape index (κ2) is 5.94. The van der Waals surface area contributed by atoms with Gasteiger partial charge in [-0.1, -0.05) is 6.92 Å². The number of carbonyl (C=O) groups is 2. The molecule has 0 radical (unpaired) electrons. The summed E-state index contributed by atoms with van der Waals surface area (Å²) in [5.74, 6) is -1.86. The number of carboxylic acids is 1.